The predicted molar refractivity (Wildman–Crippen MR) is 187 cm³/mol. The van der Waals surface area contributed by atoms with E-state index in [0.29, 0.717) is 11.8 Å². The van der Waals surface area contributed by atoms with Crippen molar-refractivity contribution >= 4 is 56.4 Å². The Kier molecular flexibility index (Phi) is 8.72. The van der Waals surface area contributed by atoms with Crippen LogP contribution in [0.25, 0.3) is 21.8 Å². The van der Waals surface area contributed by atoms with Gasteiger partial charge in [0.2, 0.25) is 0 Å². The summed E-state index contributed by atoms with van der Waals surface area (Å²) in [5, 5.41) is 11.6. The van der Waals surface area contributed by atoms with E-state index in [4.69, 9.17) is 33.2 Å². The molecule has 0 amide bonds. The van der Waals surface area contributed by atoms with E-state index >= 15 is 0 Å². The Hall–Kier alpha value is -2.86. The molecular weight excluding hydrogens is 585 g/mol. The van der Waals surface area contributed by atoms with Gasteiger partial charge in [0, 0.05) is 68.2 Å². The van der Waals surface area contributed by atoms with Gasteiger partial charge < -0.3 is 15.5 Å². The van der Waals surface area contributed by atoms with Crippen molar-refractivity contribution in [3.8, 4) is 0 Å². The summed E-state index contributed by atoms with van der Waals surface area (Å²) in [6.07, 6.45) is 12.8. The van der Waals surface area contributed by atoms with Gasteiger partial charge in [-0.25, -0.2) is 0 Å². The zero-order chi connectivity index (χ0) is 30.2. The molecule has 2 aromatic carbocycles. The molecule has 0 radical (unpaired) electrons. The van der Waals surface area contributed by atoms with Crippen LogP contribution >= 0.6 is 23.2 Å². The van der Waals surface area contributed by atoms with Crippen LogP contribution in [0.1, 0.15) is 73.9 Å². The maximum absolute atomic E-state index is 6.39. The Bertz CT molecular complexity index is 1730. The molecule has 2 heterocycles. The number of nitrogens with one attached hydrogen (secondary N) is 2. The largest absolute Gasteiger partial charge is 0.384 e. The van der Waals surface area contributed by atoms with Crippen molar-refractivity contribution in [1.29, 1.82) is 0 Å². The molecule has 2 N–H and O–H groups in total. The van der Waals surface area contributed by atoms with E-state index in [2.05, 4.69) is 47.7 Å². The molecule has 2 aromatic heterocycles. The zero-order valence-electron chi connectivity index (χ0n) is 26.0. The van der Waals surface area contributed by atoms with Crippen molar-refractivity contribution in [1.82, 2.24) is 14.9 Å². The van der Waals surface area contributed by atoms with Crippen LogP contribution in [0, 0.1) is 5.92 Å². The number of aryl methyl sites for hydroxylation is 1. The molecule has 7 rings (SSSR count). The second-order valence-corrected chi connectivity index (χ2v) is 14.2. The molecule has 0 saturated carbocycles. The number of halogens is 2. The summed E-state index contributed by atoms with van der Waals surface area (Å²) in [7, 11) is 2.24. The first-order chi connectivity index (χ1) is 21.4. The molecule has 0 unspecified atom stereocenters. The lowest BCUT2D eigenvalue weighted by molar-refractivity contribution is 0.331. The minimum Gasteiger partial charge on any atom is -0.384 e. The molecule has 44 heavy (non-hydrogen) atoms. The highest BCUT2D eigenvalue weighted by Crippen LogP contribution is 2.47. The lowest BCUT2D eigenvalue weighted by atomic mass is 9.71. The number of benzene rings is 2. The summed E-state index contributed by atoms with van der Waals surface area (Å²) in [6.45, 7) is 6.29. The average Bonchev–Trinajstić information content (AvgIpc) is 2.99. The number of pyridine rings is 2. The third kappa shape index (κ3) is 6.16. The van der Waals surface area contributed by atoms with E-state index in [-0.39, 0.29) is 0 Å². The van der Waals surface area contributed by atoms with E-state index in [1.807, 2.05) is 24.3 Å². The fourth-order valence-corrected chi connectivity index (χ4v) is 8.23. The molecule has 5 nitrogen and oxygen atoms in total. The number of nitrogens with zero attached hydrogens (tertiary/aromatic N) is 3. The molecule has 3 aliphatic carbocycles. The van der Waals surface area contributed by atoms with Gasteiger partial charge >= 0.3 is 0 Å². The van der Waals surface area contributed by atoms with Crippen molar-refractivity contribution in [3.05, 3.63) is 80.6 Å². The van der Waals surface area contributed by atoms with Crippen LogP contribution in [-0.2, 0) is 19.3 Å². The molecule has 0 spiro atoms. The second kappa shape index (κ2) is 12.9. The van der Waals surface area contributed by atoms with E-state index in [9.17, 15) is 0 Å². The van der Waals surface area contributed by atoms with Crippen LogP contribution < -0.4 is 10.6 Å². The van der Waals surface area contributed by atoms with E-state index in [1.165, 1.54) is 75.9 Å². The molecular formula is C37H43Cl2N5. The highest BCUT2D eigenvalue weighted by Gasteiger charge is 2.33. The van der Waals surface area contributed by atoms with Crippen molar-refractivity contribution in [2.75, 3.05) is 43.9 Å². The van der Waals surface area contributed by atoms with Crippen LogP contribution in [0.2, 0.25) is 10.0 Å². The van der Waals surface area contributed by atoms with Crippen LogP contribution in [0.15, 0.2) is 48.0 Å². The number of aromatic nitrogens is 2. The quantitative estimate of drug-likeness (QED) is 0.136. The summed E-state index contributed by atoms with van der Waals surface area (Å²) in [5.41, 5.74) is 11.4. The van der Waals surface area contributed by atoms with Gasteiger partial charge in [-0.15, -0.1) is 0 Å². The summed E-state index contributed by atoms with van der Waals surface area (Å²) < 4.78 is 0. The molecule has 4 aromatic rings. The van der Waals surface area contributed by atoms with Gasteiger partial charge in [-0.3, -0.25) is 9.97 Å². The number of rotatable bonds is 10. The van der Waals surface area contributed by atoms with Crippen molar-refractivity contribution < 1.29 is 0 Å². The summed E-state index contributed by atoms with van der Waals surface area (Å²) in [4.78, 5) is 12.6. The van der Waals surface area contributed by atoms with E-state index < -0.39 is 0 Å². The normalized spacial score (nSPS) is 19.2. The first-order valence-corrected chi connectivity index (χ1v) is 17.2. The highest BCUT2D eigenvalue weighted by atomic mass is 35.5. The minimum atomic E-state index is 0.461. The average molecular weight is 629 g/mol. The predicted octanol–water partition coefficient (Wildman–Crippen LogP) is 9.20. The molecule has 2 atom stereocenters. The van der Waals surface area contributed by atoms with Crippen molar-refractivity contribution in [2.24, 2.45) is 5.92 Å². The maximum Gasteiger partial charge on any atom is 0.0741 e. The zero-order valence-corrected chi connectivity index (χ0v) is 27.5. The van der Waals surface area contributed by atoms with Crippen LogP contribution in [0.3, 0.4) is 0 Å². The van der Waals surface area contributed by atoms with Crippen molar-refractivity contribution in [3.63, 3.8) is 0 Å². The topological polar surface area (TPSA) is 53.1 Å². The van der Waals surface area contributed by atoms with Crippen LogP contribution in [0.5, 0.6) is 0 Å². The Balaban J connectivity index is 0.965. The fourth-order valence-electron chi connectivity index (χ4n) is 7.89. The van der Waals surface area contributed by atoms with Gasteiger partial charge in [0.25, 0.3) is 0 Å². The second-order valence-electron chi connectivity index (χ2n) is 13.3. The third-order valence-corrected chi connectivity index (χ3v) is 10.3. The fraction of sp³-hybridized carbons (Fsp3) is 0.459. The van der Waals surface area contributed by atoms with Gasteiger partial charge in [0.05, 0.1) is 11.0 Å². The molecule has 0 saturated heterocycles. The SMILES string of the molecule is CC1=C[C@@H]2C[C@H](C1)Cc1nc3cc(Cl)ccc3c(NCCCN(C)CCCNc3c4c(nc5cc(Cl)ccc35)CCCC4)c12. The number of fused-ring (bicyclic) bond motifs is 7. The molecule has 2 bridgehead atoms. The number of anilines is 2. The number of allylic oxidation sites excluding steroid dienone is 2. The van der Waals surface area contributed by atoms with Gasteiger partial charge in [-0.05, 0) is 133 Å². The first kappa shape index (κ1) is 29.8. The number of hydrogen-bond donors (Lipinski definition) is 2. The van der Waals surface area contributed by atoms with Crippen molar-refractivity contribution in [2.45, 2.75) is 70.6 Å². The smallest absolute Gasteiger partial charge is 0.0741 e. The van der Waals surface area contributed by atoms with E-state index in [0.717, 1.165) is 79.4 Å². The summed E-state index contributed by atoms with van der Waals surface area (Å²) in [5.74, 6) is 1.17. The minimum absolute atomic E-state index is 0.461. The Morgan fingerprint density at radius 1 is 0.818 bits per heavy atom. The van der Waals surface area contributed by atoms with Gasteiger partial charge in [0.15, 0.2) is 0 Å². The standard InChI is InChI=1S/C37H43Cl2N5/c1-23-17-24-19-25(18-23)35-34(20-24)43-33-22-27(39)10-12-30(33)37(35)41-14-6-16-44(2)15-5-13-40-36-28-7-3-4-8-31(28)42-32-21-26(38)9-11-29(32)36/h9-12,18,21-22,24-25H,3-8,13-17,19-20H2,1-2H3,(H,40,42)(H,41,43)/t24-,25+/m0/s1. The van der Waals surface area contributed by atoms with E-state index in [1.54, 1.807) is 0 Å². The Labute approximate surface area is 271 Å². The molecule has 3 aliphatic rings. The Morgan fingerprint density at radius 3 is 2.18 bits per heavy atom. The van der Waals surface area contributed by atoms with Gasteiger partial charge in [0.1, 0.15) is 0 Å². The summed E-state index contributed by atoms with van der Waals surface area (Å²) >= 11 is 12.7. The molecule has 7 heteroatoms. The van der Waals surface area contributed by atoms with Gasteiger partial charge in [-0.1, -0.05) is 34.9 Å². The molecule has 0 aliphatic heterocycles. The summed E-state index contributed by atoms with van der Waals surface area (Å²) in [6, 6.07) is 12.3. The third-order valence-electron chi connectivity index (χ3n) is 9.86. The molecule has 0 fully saturated rings. The Morgan fingerprint density at radius 2 is 1.45 bits per heavy atom. The monoisotopic (exact) mass is 627 g/mol. The first-order valence-electron chi connectivity index (χ1n) is 16.5. The van der Waals surface area contributed by atoms with Crippen LogP contribution in [0.4, 0.5) is 11.4 Å². The highest BCUT2D eigenvalue weighted by molar-refractivity contribution is 6.31. The number of hydrogen-bond acceptors (Lipinski definition) is 5. The van der Waals surface area contributed by atoms with Crippen LogP contribution in [-0.4, -0.2) is 48.1 Å². The lowest BCUT2D eigenvalue weighted by Gasteiger charge is -2.36. The molecule has 230 valence electrons. The lowest BCUT2D eigenvalue weighted by Crippen LogP contribution is -2.26. The van der Waals surface area contributed by atoms with Gasteiger partial charge in [-0.2, -0.15) is 0 Å². The maximum atomic E-state index is 6.39.